The summed E-state index contributed by atoms with van der Waals surface area (Å²) < 4.78 is 0. The summed E-state index contributed by atoms with van der Waals surface area (Å²) in [6, 6.07) is 15.7. The van der Waals surface area contributed by atoms with Crippen LogP contribution < -0.4 is 5.32 Å². The molecule has 2 aromatic carbocycles. The van der Waals surface area contributed by atoms with Crippen LogP contribution in [0.4, 0.5) is 5.69 Å². The van der Waals surface area contributed by atoms with Crippen LogP contribution in [0.5, 0.6) is 0 Å². The number of nitrogens with one attached hydrogen (secondary N) is 1. The van der Waals surface area contributed by atoms with E-state index in [1.807, 2.05) is 18.2 Å². The van der Waals surface area contributed by atoms with E-state index < -0.39 is 0 Å². The van der Waals surface area contributed by atoms with Crippen molar-refractivity contribution in [1.82, 2.24) is 5.32 Å². The first-order chi connectivity index (χ1) is 10.2. The van der Waals surface area contributed by atoms with Gasteiger partial charge in [0, 0.05) is 23.5 Å². The number of benzene rings is 2. The van der Waals surface area contributed by atoms with Gasteiger partial charge in [-0.05, 0) is 36.6 Å². The van der Waals surface area contributed by atoms with E-state index in [1.54, 1.807) is 12.1 Å². The summed E-state index contributed by atoms with van der Waals surface area (Å²) in [6.07, 6.45) is 2.57. The van der Waals surface area contributed by atoms with Gasteiger partial charge in [-0.25, -0.2) is 0 Å². The maximum Gasteiger partial charge on any atom is 0.283 e. The van der Waals surface area contributed by atoms with Gasteiger partial charge in [-0.3, -0.25) is 10.1 Å². The Morgan fingerprint density at radius 2 is 1.86 bits per heavy atom. The second-order valence-electron chi connectivity index (χ2n) is 5.13. The first-order valence-electron chi connectivity index (χ1n) is 6.96. The fourth-order valence-electron chi connectivity index (χ4n) is 2.05. The highest BCUT2D eigenvalue weighted by atomic mass is 32.2. The number of hydrogen-bond acceptors (Lipinski definition) is 4. The van der Waals surface area contributed by atoms with Crippen molar-refractivity contribution in [3.8, 4) is 0 Å². The molecule has 0 amide bonds. The van der Waals surface area contributed by atoms with Crippen LogP contribution in [0.15, 0.2) is 58.3 Å². The van der Waals surface area contributed by atoms with E-state index in [0.29, 0.717) is 10.9 Å². The predicted molar refractivity (Wildman–Crippen MR) is 83.5 cm³/mol. The van der Waals surface area contributed by atoms with Gasteiger partial charge in [0.25, 0.3) is 5.69 Å². The Balaban J connectivity index is 1.68. The number of nitro benzene ring substituents is 1. The standard InChI is InChI=1S/C16H16N2O2S/c19-18(20)15-3-1-2-4-16(15)21-14-9-5-12(6-10-14)11-17-13-7-8-13/h1-6,9-10,13,17H,7-8,11H2. The van der Waals surface area contributed by atoms with Crippen molar-refractivity contribution in [1.29, 1.82) is 0 Å². The van der Waals surface area contributed by atoms with Crippen molar-refractivity contribution in [3.05, 3.63) is 64.2 Å². The molecule has 0 spiro atoms. The lowest BCUT2D eigenvalue weighted by Crippen LogP contribution is -2.14. The highest BCUT2D eigenvalue weighted by Crippen LogP contribution is 2.34. The topological polar surface area (TPSA) is 55.2 Å². The van der Waals surface area contributed by atoms with Crippen LogP contribution in [-0.2, 0) is 6.54 Å². The second kappa shape index (κ2) is 6.28. The predicted octanol–water partition coefficient (Wildman–Crippen LogP) is 4.00. The van der Waals surface area contributed by atoms with Crippen LogP contribution in [0.1, 0.15) is 18.4 Å². The third kappa shape index (κ3) is 3.83. The molecule has 4 nitrogen and oxygen atoms in total. The molecule has 0 saturated heterocycles. The molecule has 5 heteroatoms. The summed E-state index contributed by atoms with van der Waals surface area (Å²) in [6.45, 7) is 0.890. The van der Waals surface area contributed by atoms with Crippen molar-refractivity contribution in [2.75, 3.05) is 0 Å². The fraction of sp³-hybridized carbons (Fsp3) is 0.250. The zero-order valence-electron chi connectivity index (χ0n) is 11.5. The Hall–Kier alpha value is -1.85. The molecule has 1 N–H and O–H groups in total. The Morgan fingerprint density at radius 1 is 1.14 bits per heavy atom. The van der Waals surface area contributed by atoms with Gasteiger partial charge in [-0.1, -0.05) is 36.0 Å². The van der Waals surface area contributed by atoms with E-state index in [2.05, 4.69) is 17.4 Å². The lowest BCUT2D eigenvalue weighted by atomic mass is 10.2. The second-order valence-corrected chi connectivity index (χ2v) is 6.24. The van der Waals surface area contributed by atoms with E-state index >= 15 is 0 Å². The average Bonchev–Trinajstić information content (AvgIpc) is 3.31. The van der Waals surface area contributed by atoms with Gasteiger partial charge in [-0.15, -0.1) is 0 Å². The summed E-state index contributed by atoms with van der Waals surface area (Å²) in [5.41, 5.74) is 1.40. The van der Waals surface area contributed by atoms with Crippen LogP contribution >= 0.6 is 11.8 Å². The van der Waals surface area contributed by atoms with Gasteiger partial charge in [0.2, 0.25) is 0 Å². The van der Waals surface area contributed by atoms with E-state index in [9.17, 15) is 10.1 Å². The maximum atomic E-state index is 11.0. The van der Waals surface area contributed by atoms with Crippen molar-refractivity contribution in [2.45, 2.75) is 35.2 Å². The molecule has 0 atom stereocenters. The molecule has 3 rings (SSSR count). The summed E-state index contributed by atoms with van der Waals surface area (Å²) >= 11 is 1.43. The van der Waals surface area contributed by atoms with Crippen LogP contribution in [0.2, 0.25) is 0 Å². The quantitative estimate of drug-likeness (QED) is 0.647. The zero-order valence-corrected chi connectivity index (χ0v) is 12.3. The molecule has 2 aromatic rings. The van der Waals surface area contributed by atoms with Crippen molar-refractivity contribution < 1.29 is 4.92 Å². The van der Waals surface area contributed by atoms with E-state index in [0.717, 1.165) is 11.4 Å². The number of nitrogens with zero attached hydrogens (tertiary/aromatic N) is 1. The highest BCUT2D eigenvalue weighted by Gasteiger charge is 2.19. The Bertz CT molecular complexity index is 639. The van der Waals surface area contributed by atoms with Crippen LogP contribution in [0.25, 0.3) is 0 Å². The molecule has 1 fully saturated rings. The third-order valence-electron chi connectivity index (χ3n) is 3.39. The van der Waals surface area contributed by atoms with Gasteiger partial charge in [0.05, 0.1) is 9.82 Å². The summed E-state index contributed by atoms with van der Waals surface area (Å²) in [5, 5.41) is 14.5. The van der Waals surface area contributed by atoms with Gasteiger partial charge in [-0.2, -0.15) is 0 Å². The minimum Gasteiger partial charge on any atom is -0.310 e. The highest BCUT2D eigenvalue weighted by molar-refractivity contribution is 7.99. The smallest absolute Gasteiger partial charge is 0.283 e. The Labute approximate surface area is 127 Å². The molecule has 0 aliphatic heterocycles. The normalized spacial score (nSPS) is 14.1. The van der Waals surface area contributed by atoms with E-state index in [1.165, 1.54) is 36.2 Å². The van der Waals surface area contributed by atoms with Crippen LogP contribution in [-0.4, -0.2) is 11.0 Å². The molecule has 108 valence electrons. The molecular formula is C16H16N2O2S. The first kappa shape index (κ1) is 14.1. The van der Waals surface area contributed by atoms with E-state index in [-0.39, 0.29) is 10.6 Å². The molecule has 1 saturated carbocycles. The SMILES string of the molecule is O=[N+]([O-])c1ccccc1Sc1ccc(CNC2CC2)cc1. The van der Waals surface area contributed by atoms with Crippen molar-refractivity contribution in [2.24, 2.45) is 0 Å². The van der Waals surface area contributed by atoms with Gasteiger partial charge in [0.1, 0.15) is 0 Å². The molecule has 0 heterocycles. The number of rotatable bonds is 6. The fourth-order valence-corrected chi connectivity index (χ4v) is 2.97. The minimum atomic E-state index is -0.337. The first-order valence-corrected chi connectivity index (χ1v) is 7.77. The average molecular weight is 300 g/mol. The maximum absolute atomic E-state index is 11.0. The summed E-state index contributed by atoms with van der Waals surface area (Å²) in [4.78, 5) is 12.4. The van der Waals surface area contributed by atoms with Gasteiger partial charge >= 0.3 is 0 Å². The van der Waals surface area contributed by atoms with Crippen molar-refractivity contribution >= 4 is 17.4 Å². The number of hydrogen-bond donors (Lipinski definition) is 1. The molecule has 21 heavy (non-hydrogen) atoms. The number of nitro groups is 1. The molecule has 0 radical (unpaired) electrons. The zero-order chi connectivity index (χ0) is 14.7. The summed E-state index contributed by atoms with van der Waals surface area (Å²) in [7, 11) is 0. The molecule has 0 aromatic heterocycles. The van der Waals surface area contributed by atoms with Crippen LogP contribution in [0.3, 0.4) is 0 Å². The monoisotopic (exact) mass is 300 g/mol. The molecule has 0 bridgehead atoms. The van der Waals surface area contributed by atoms with Crippen molar-refractivity contribution in [3.63, 3.8) is 0 Å². The molecular weight excluding hydrogens is 284 g/mol. The largest absolute Gasteiger partial charge is 0.310 e. The minimum absolute atomic E-state index is 0.155. The lowest BCUT2D eigenvalue weighted by molar-refractivity contribution is -0.387. The van der Waals surface area contributed by atoms with E-state index in [4.69, 9.17) is 0 Å². The third-order valence-corrected chi connectivity index (χ3v) is 4.46. The van der Waals surface area contributed by atoms with Gasteiger partial charge < -0.3 is 5.32 Å². The Morgan fingerprint density at radius 3 is 2.52 bits per heavy atom. The van der Waals surface area contributed by atoms with Gasteiger partial charge in [0.15, 0.2) is 0 Å². The molecule has 1 aliphatic carbocycles. The summed E-state index contributed by atoms with van der Waals surface area (Å²) in [5.74, 6) is 0. The number of para-hydroxylation sites is 1. The Kier molecular flexibility index (Phi) is 4.22. The lowest BCUT2D eigenvalue weighted by Gasteiger charge is -2.06. The molecule has 0 unspecified atom stereocenters. The molecule has 1 aliphatic rings. The van der Waals surface area contributed by atoms with Crippen LogP contribution in [0, 0.1) is 10.1 Å².